The first-order valence-corrected chi connectivity index (χ1v) is 28.9. The van der Waals surface area contributed by atoms with Crippen molar-refractivity contribution in [1.82, 2.24) is 16.0 Å². The molecule has 0 aromatic heterocycles. The van der Waals surface area contributed by atoms with Crippen LogP contribution in [0.3, 0.4) is 0 Å². The Kier molecular flexibility index (Phi) is 24.9. The molecule has 3 aliphatic rings. The molecule has 0 heterocycles. The van der Waals surface area contributed by atoms with Crippen LogP contribution >= 0.6 is 0 Å². The van der Waals surface area contributed by atoms with E-state index in [4.69, 9.17) is 48.4 Å². The summed E-state index contributed by atoms with van der Waals surface area (Å²) in [5.41, 5.74) is 7.64. The van der Waals surface area contributed by atoms with Gasteiger partial charge in [-0.3, -0.25) is 14.4 Å². The molecule has 8 atom stereocenters. The van der Waals surface area contributed by atoms with E-state index in [2.05, 4.69) is 41.1 Å². The van der Waals surface area contributed by atoms with Crippen molar-refractivity contribution in [3.05, 3.63) is 59.2 Å². The molecule has 0 unspecified atom stereocenters. The normalized spacial score (nSPS) is 20.8. The van der Waals surface area contributed by atoms with Crippen molar-refractivity contribution in [3.63, 3.8) is 0 Å². The number of aryl methyl sites for hydroxylation is 1. The lowest BCUT2D eigenvalue weighted by Crippen LogP contribution is -2.53. The molecule has 5 rings (SSSR count). The first-order chi connectivity index (χ1) is 37.7. The fourth-order valence-electron chi connectivity index (χ4n) is 11.1. The summed E-state index contributed by atoms with van der Waals surface area (Å²) in [7, 11) is 0. The SMILES string of the molecule is CC(=O)O[C@@H]1CC[C@@H]2[C@H]3CCc4cc(OCCOCCOCCOCCOc5ccc(C[C@H](N)C(=O)NCCCC[C@H](NC(=O)N[C@@H](CCC(=O)OC(C)(C)C)C(=O)OC(C)(C)C)C(=O)OC(C)(C)C)cc5)ccc4[C@@H]3CC[C@]21C. The third-order valence-corrected chi connectivity index (χ3v) is 14.6. The van der Waals surface area contributed by atoms with Crippen LogP contribution in [0.25, 0.3) is 0 Å². The number of hydrogen-bond donors (Lipinski definition) is 4. The van der Waals surface area contributed by atoms with E-state index in [9.17, 15) is 28.8 Å². The lowest BCUT2D eigenvalue weighted by Gasteiger charge is -2.50. The maximum absolute atomic E-state index is 13.3. The van der Waals surface area contributed by atoms with Gasteiger partial charge in [0, 0.05) is 25.3 Å². The molecule has 2 saturated carbocycles. The molecule has 3 amide bonds. The second-order valence-electron chi connectivity index (χ2n) is 24.7. The van der Waals surface area contributed by atoms with Gasteiger partial charge in [-0.2, -0.15) is 0 Å². The van der Waals surface area contributed by atoms with Crippen molar-refractivity contribution in [2.45, 2.75) is 200 Å². The molecule has 0 spiro atoms. The summed E-state index contributed by atoms with van der Waals surface area (Å²) in [6, 6.07) is 10.0. The van der Waals surface area contributed by atoms with Gasteiger partial charge in [-0.25, -0.2) is 14.4 Å². The molecule has 19 heteroatoms. The number of urea groups is 1. The van der Waals surface area contributed by atoms with Crippen LogP contribution < -0.4 is 31.2 Å². The highest BCUT2D eigenvalue weighted by Gasteiger charge is 2.56. The number of nitrogens with two attached hydrogens (primary N) is 1. The summed E-state index contributed by atoms with van der Waals surface area (Å²) < 4.78 is 51.2. The van der Waals surface area contributed by atoms with Crippen molar-refractivity contribution >= 4 is 35.8 Å². The number of carbonyl (C=O) groups excluding carboxylic acids is 6. The van der Waals surface area contributed by atoms with Gasteiger partial charge in [0.15, 0.2) is 0 Å². The Bertz CT molecular complexity index is 2330. The fourth-order valence-corrected chi connectivity index (χ4v) is 11.1. The minimum Gasteiger partial charge on any atom is -0.491 e. The molecule has 0 radical (unpaired) electrons. The smallest absolute Gasteiger partial charge is 0.329 e. The van der Waals surface area contributed by atoms with E-state index in [1.54, 1.807) is 62.3 Å². The number of unbranched alkanes of at least 4 members (excludes halogenated alkanes) is 1. The molecule has 0 bridgehead atoms. The van der Waals surface area contributed by atoms with Gasteiger partial charge in [0.2, 0.25) is 5.91 Å². The Labute approximate surface area is 474 Å². The van der Waals surface area contributed by atoms with Gasteiger partial charge in [-0.05, 0) is 192 Å². The Morgan fingerprint density at radius 1 is 0.662 bits per heavy atom. The predicted molar refractivity (Wildman–Crippen MR) is 301 cm³/mol. The van der Waals surface area contributed by atoms with Gasteiger partial charge < -0.3 is 64.3 Å². The van der Waals surface area contributed by atoms with Crippen molar-refractivity contribution in [2.75, 3.05) is 59.4 Å². The number of rotatable bonds is 30. The zero-order chi connectivity index (χ0) is 58.7. The molecule has 2 fully saturated rings. The minimum absolute atomic E-state index is 0.0489. The van der Waals surface area contributed by atoms with Gasteiger partial charge in [-0.1, -0.05) is 25.1 Å². The lowest BCUT2D eigenvalue weighted by molar-refractivity contribution is -0.159. The molecular weight excluding hydrogens is 1030 g/mol. The number of amides is 3. The standard InChI is InChI=1S/C61H94N4O15/c1-40(66)77-52-25-23-48-47-21-17-42-39-44(20-22-45(42)46(47)27-28-61(48,52)11)76-37-35-74-33-31-72-30-32-73-34-36-75-43-18-15-41(16-19-43)38-49(62)54(68)63-29-13-12-14-50(55(69)79-59(5,6)7)64-57(71)65-51(56(70)80-60(8,9)10)24-26-53(67)78-58(2,3)4/h15-16,18-20,22,39,46-52H,12-14,17,21,23-38,62H2,1-11H3,(H,63,68)(H2,64,65,71)/t46-,47-,48+,49-,50-,51-,52+,61+/m0/s1. The highest BCUT2D eigenvalue weighted by Crippen LogP contribution is 2.61. The average Bonchev–Trinajstić information content (AvgIpc) is 3.93. The highest BCUT2D eigenvalue weighted by atomic mass is 16.6. The molecule has 3 aliphatic carbocycles. The van der Waals surface area contributed by atoms with Crippen LogP contribution in [0.4, 0.5) is 4.79 Å². The van der Waals surface area contributed by atoms with Crippen molar-refractivity contribution < 1.29 is 71.4 Å². The molecule has 0 saturated heterocycles. The first-order valence-electron chi connectivity index (χ1n) is 28.9. The number of benzene rings is 2. The summed E-state index contributed by atoms with van der Waals surface area (Å²) in [6.45, 7) is 22.9. The quantitative estimate of drug-likeness (QED) is 0.0329. The summed E-state index contributed by atoms with van der Waals surface area (Å²) in [4.78, 5) is 76.7. The van der Waals surface area contributed by atoms with Gasteiger partial charge in [0.25, 0.3) is 0 Å². The summed E-state index contributed by atoms with van der Waals surface area (Å²) >= 11 is 0. The summed E-state index contributed by atoms with van der Waals surface area (Å²) in [5, 5.41) is 8.03. The predicted octanol–water partition coefficient (Wildman–Crippen LogP) is 7.98. The molecule has 5 N–H and O–H groups in total. The van der Waals surface area contributed by atoms with Crippen LogP contribution in [0.1, 0.15) is 163 Å². The number of hydrogen-bond acceptors (Lipinski definition) is 16. The van der Waals surface area contributed by atoms with E-state index in [0.717, 1.165) is 43.4 Å². The number of carbonyl (C=O) groups is 6. The number of fused-ring (bicyclic) bond motifs is 5. The summed E-state index contributed by atoms with van der Waals surface area (Å²) in [5.74, 6) is 0.895. The van der Waals surface area contributed by atoms with Crippen LogP contribution in [0, 0.1) is 17.3 Å². The van der Waals surface area contributed by atoms with Crippen molar-refractivity contribution in [2.24, 2.45) is 23.0 Å². The van der Waals surface area contributed by atoms with Crippen LogP contribution in [0.5, 0.6) is 11.5 Å². The topological polar surface area (TPSA) is 248 Å². The largest absolute Gasteiger partial charge is 0.491 e. The molecular formula is C61H94N4O15. The Hall–Kier alpha value is -5.50. The van der Waals surface area contributed by atoms with Crippen molar-refractivity contribution in [3.8, 4) is 11.5 Å². The zero-order valence-electron chi connectivity index (χ0n) is 49.6. The Morgan fingerprint density at radius 2 is 1.21 bits per heavy atom. The number of ether oxygens (including phenoxy) is 9. The molecule has 448 valence electrons. The highest BCUT2D eigenvalue weighted by molar-refractivity contribution is 5.87. The molecule has 2 aromatic rings. The van der Waals surface area contributed by atoms with Crippen LogP contribution in [0.15, 0.2) is 42.5 Å². The number of nitrogens with one attached hydrogen (secondary N) is 3. The van der Waals surface area contributed by atoms with E-state index >= 15 is 0 Å². The summed E-state index contributed by atoms with van der Waals surface area (Å²) in [6.07, 6.45) is 7.74. The third-order valence-electron chi connectivity index (χ3n) is 14.6. The second-order valence-corrected chi connectivity index (χ2v) is 24.7. The fraction of sp³-hybridized carbons (Fsp3) is 0.705. The monoisotopic (exact) mass is 1120 g/mol. The lowest BCUT2D eigenvalue weighted by atomic mass is 9.55. The molecule has 80 heavy (non-hydrogen) atoms. The minimum atomic E-state index is -1.21. The van der Waals surface area contributed by atoms with Crippen LogP contribution in [0.2, 0.25) is 0 Å². The van der Waals surface area contributed by atoms with E-state index < -0.39 is 58.9 Å². The maximum Gasteiger partial charge on any atom is 0.329 e. The maximum atomic E-state index is 13.3. The Morgan fingerprint density at radius 3 is 1.79 bits per heavy atom. The molecule has 0 aliphatic heterocycles. The van der Waals surface area contributed by atoms with E-state index in [0.29, 0.717) is 95.6 Å². The third kappa shape index (κ3) is 22.1. The van der Waals surface area contributed by atoms with Crippen LogP contribution in [-0.2, 0) is 70.0 Å². The van der Waals surface area contributed by atoms with Gasteiger partial charge >= 0.3 is 29.9 Å². The Balaban J connectivity index is 0.895. The first kappa shape index (κ1) is 65.3. The molecule has 19 nitrogen and oxygen atoms in total. The van der Waals surface area contributed by atoms with E-state index in [1.807, 2.05) is 24.3 Å². The average molecular weight is 1120 g/mol. The van der Waals surface area contributed by atoms with Gasteiger partial charge in [0.05, 0.1) is 45.7 Å². The van der Waals surface area contributed by atoms with E-state index in [-0.39, 0.29) is 49.2 Å². The van der Waals surface area contributed by atoms with E-state index in [1.165, 1.54) is 24.5 Å². The van der Waals surface area contributed by atoms with Gasteiger partial charge in [0.1, 0.15) is 59.7 Å². The van der Waals surface area contributed by atoms with Gasteiger partial charge in [-0.15, -0.1) is 0 Å². The molecule has 2 aromatic carbocycles. The zero-order valence-corrected chi connectivity index (χ0v) is 49.6. The second kappa shape index (κ2) is 30.5. The number of esters is 4. The van der Waals surface area contributed by atoms with Crippen LogP contribution in [-0.4, -0.2) is 136 Å². The van der Waals surface area contributed by atoms with Crippen molar-refractivity contribution in [1.29, 1.82) is 0 Å².